The van der Waals surface area contributed by atoms with Crippen LogP contribution in [0.4, 0.5) is 5.82 Å². The molecule has 0 unspecified atom stereocenters. The maximum atomic E-state index is 11.8. The third-order valence-corrected chi connectivity index (χ3v) is 7.45. The van der Waals surface area contributed by atoms with Crippen molar-refractivity contribution in [2.24, 2.45) is 17.8 Å². The predicted octanol–water partition coefficient (Wildman–Crippen LogP) is 2.98. The van der Waals surface area contributed by atoms with Crippen molar-refractivity contribution in [1.82, 2.24) is 10.3 Å². The summed E-state index contributed by atoms with van der Waals surface area (Å²) in [6, 6.07) is 4.58. The minimum atomic E-state index is 0.0245. The van der Waals surface area contributed by atoms with Gasteiger partial charge in [-0.05, 0) is 80.8 Å². The lowest BCUT2D eigenvalue weighted by molar-refractivity contribution is -0.122. The molecule has 1 aliphatic heterocycles. The molecule has 30 heavy (non-hydrogen) atoms. The highest BCUT2D eigenvalue weighted by Gasteiger charge is 2.44. The second-order valence-electron chi connectivity index (χ2n) is 9.80. The van der Waals surface area contributed by atoms with Crippen LogP contribution in [0.2, 0.25) is 0 Å². The van der Waals surface area contributed by atoms with Crippen molar-refractivity contribution < 1.29 is 9.53 Å². The molecule has 4 aliphatic rings. The van der Waals surface area contributed by atoms with Crippen LogP contribution in [-0.2, 0) is 22.4 Å². The molecule has 160 valence electrons. The Hall–Kier alpha value is -2.13. The Morgan fingerprint density at radius 3 is 2.77 bits per heavy atom. The van der Waals surface area contributed by atoms with Gasteiger partial charge in [0, 0.05) is 32.3 Å². The average Bonchev–Trinajstić information content (AvgIpc) is 3.48. The van der Waals surface area contributed by atoms with Gasteiger partial charge in [0.1, 0.15) is 11.9 Å². The largest absolute Gasteiger partial charge is 0.376 e. The number of carbonyl (C=O) groups is 1. The number of pyridine rings is 1. The van der Waals surface area contributed by atoms with Crippen molar-refractivity contribution in [3.8, 4) is 6.07 Å². The van der Waals surface area contributed by atoms with E-state index < -0.39 is 0 Å². The van der Waals surface area contributed by atoms with Crippen LogP contribution >= 0.6 is 0 Å². The fourth-order valence-electron chi connectivity index (χ4n) is 5.67. The van der Waals surface area contributed by atoms with Gasteiger partial charge >= 0.3 is 0 Å². The molecule has 6 nitrogen and oxygen atoms in total. The van der Waals surface area contributed by atoms with E-state index in [-0.39, 0.29) is 18.1 Å². The Kier molecular flexibility index (Phi) is 5.41. The molecule has 1 aromatic rings. The fourth-order valence-corrected chi connectivity index (χ4v) is 5.67. The van der Waals surface area contributed by atoms with E-state index in [9.17, 15) is 10.1 Å². The van der Waals surface area contributed by atoms with E-state index in [1.165, 1.54) is 36.9 Å². The van der Waals surface area contributed by atoms with Crippen LogP contribution in [0.25, 0.3) is 0 Å². The monoisotopic (exact) mass is 408 g/mol. The number of amides is 1. The van der Waals surface area contributed by atoms with Gasteiger partial charge in [-0.25, -0.2) is 4.98 Å². The van der Waals surface area contributed by atoms with Gasteiger partial charge in [-0.1, -0.05) is 0 Å². The molecule has 3 fully saturated rings. The van der Waals surface area contributed by atoms with E-state index in [4.69, 9.17) is 9.72 Å². The van der Waals surface area contributed by atoms with E-state index in [0.717, 1.165) is 57.1 Å². The number of aromatic nitrogens is 1. The molecule has 1 aromatic heterocycles. The third kappa shape index (κ3) is 4.05. The molecule has 6 heteroatoms. The number of nitriles is 1. The quantitative estimate of drug-likeness (QED) is 0.810. The van der Waals surface area contributed by atoms with Gasteiger partial charge in [0.2, 0.25) is 5.91 Å². The molecule has 0 aromatic carbocycles. The highest BCUT2D eigenvalue weighted by Crippen LogP contribution is 2.41. The lowest BCUT2D eigenvalue weighted by Crippen LogP contribution is -2.50. The van der Waals surface area contributed by atoms with Gasteiger partial charge in [-0.3, -0.25) is 4.79 Å². The Bertz CT molecular complexity index is 859. The molecule has 4 atom stereocenters. The first kappa shape index (κ1) is 19.8. The number of nitrogens with one attached hydrogen (secondary N) is 1. The van der Waals surface area contributed by atoms with Crippen LogP contribution < -0.4 is 10.2 Å². The standard InChI is InChI=1S/C24H32N4O2/c1-15(29)26-22-9-19-12-28(13-20(19)10-23(22)30-14-16-6-7-16)24-18(11-25)8-17-4-2-3-5-21(17)27-24/h8,16,19-20,22-23H,2-7,9-10,12-14H2,1H3,(H,26,29)/t19-,20+,22-,23-/m1/s1. The normalized spacial score (nSPS) is 30.3. The zero-order valence-corrected chi connectivity index (χ0v) is 17.9. The lowest BCUT2D eigenvalue weighted by atomic mass is 9.77. The molecular weight excluding hydrogens is 376 g/mol. The maximum Gasteiger partial charge on any atom is 0.217 e. The first-order valence-corrected chi connectivity index (χ1v) is 11.7. The molecule has 1 saturated heterocycles. The molecule has 2 heterocycles. The average molecular weight is 409 g/mol. The van der Waals surface area contributed by atoms with Gasteiger partial charge in [-0.15, -0.1) is 0 Å². The van der Waals surface area contributed by atoms with Crippen molar-refractivity contribution in [1.29, 1.82) is 5.26 Å². The van der Waals surface area contributed by atoms with Crippen LogP contribution in [0.1, 0.15) is 62.3 Å². The van der Waals surface area contributed by atoms with Crippen LogP contribution in [0.15, 0.2) is 6.07 Å². The van der Waals surface area contributed by atoms with E-state index in [1.54, 1.807) is 6.92 Å². The highest BCUT2D eigenvalue weighted by molar-refractivity contribution is 5.73. The van der Waals surface area contributed by atoms with Crippen LogP contribution in [-0.4, -0.2) is 42.7 Å². The number of anilines is 1. The first-order valence-electron chi connectivity index (χ1n) is 11.7. The summed E-state index contributed by atoms with van der Waals surface area (Å²) >= 11 is 0. The van der Waals surface area contributed by atoms with Gasteiger partial charge in [-0.2, -0.15) is 5.26 Å². The van der Waals surface area contributed by atoms with Crippen molar-refractivity contribution in [2.75, 3.05) is 24.6 Å². The maximum absolute atomic E-state index is 11.8. The Morgan fingerprint density at radius 2 is 2.03 bits per heavy atom. The molecule has 0 spiro atoms. The third-order valence-electron chi connectivity index (χ3n) is 7.45. The van der Waals surface area contributed by atoms with Crippen LogP contribution in [0, 0.1) is 29.1 Å². The number of rotatable bonds is 5. The van der Waals surface area contributed by atoms with E-state index in [2.05, 4.69) is 22.4 Å². The van der Waals surface area contributed by atoms with Crippen molar-refractivity contribution >= 4 is 11.7 Å². The summed E-state index contributed by atoms with van der Waals surface area (Å²) in [6.45, 7) is 4.27. The topological polar surface area (TPSA) is 78.3 Å². The summed E-state index contributed by atoms with van der Waals surface area (Å²) in [6.07, 6.45) is 9.03. The summed E-state index contributed by atoms with van der Waals surface area (Å²) < 4.78 is 6.29. The molecular formula is C24H32N4O2. The van der Waals surface area contributed by atoms with Crippen LogP contribution in [0.3, 0.4) is 0 Å². The summed E-state index contributed by atoms with van der Waals surface area (Å²) in [5.74, 6) is 2.66. The minimum absolute atomic E-state index is 0.0245. The van der Waals surface area contributed by atoms with Crippen molar-refractivity contribution in [2.45, 2.75) is 70.4 Å². The molecule has 1 N–H and O–H groups in total. The van der Waals surface area contributed by atoms with Gasteiger partial charge in [0.25, 0.3) is 0 Å². The van der Waals surface area contributed by atoms with E-state index in [0.29, 0.717) is 17.4 Å². The van der Waals surface area contributed by atoms with Crippen molar-refractivity contribution in [3.05, 3.63) is 22.9 Å². The fraction of sp³-hybridized carbons (Fsp3) is 0.708. The SMILES string of the molecule is CC(=O)N[C@@H]1C[C@@H]2CN(c3nc4c(cc3C#N)CCCC4)C[C@@H]2C[C@H]1OCC1CC1. The summed E-state index contributed by atoms with van der Waals surface area (Å²) in [4.78, 5) is 19.1. The molecule has 3 aliphatic carbocycles. The van der Waals surface area contributed by atoms with Gasteiger partial charge < -0.3 is 15.0 Å². The second-order valence-corrected chi connectivity index (χ2v) is 9.80. The summed E-state index contributed by atoms with van der Waals surface area (Å²) in [5, 5.41) is 12.9. The zero-order chi connectivity index (χ0) is 20.7. The summed E-state index contributed by atoms with van der Waals surface area (Å²) in [7, 11) is 0. The molecule has 0 bridgehead atoms. The van der Waals surface area contributed by atoms with Gasteiger partial charge in [0.05, 0.1) is 17.7 Å². The first-order chi connectivity index (χ1) is 14.6. The zero-order valence-electron chi connectivity index (χ0n) is 17.9. The molecule has 5 rings (SSSR count). The number of hydrogen-bond donors (Lipinski definition) is 1. The van der Waals surface area contributed by atoms with Crippen molar-refractivity contribution in [3.63, 3.8) is 0 Å². The number of fused-ring (bicyclic) bond motifs is 2. The Morgan fingerprint density at radius 1 is 1.27 bits per heavy atom. The van der Waals surface area contributed by atoms with Gasteiger partial charge in [0.15, 0.2) is 0 Å². The Balaban J connectivity index is 1.34. The second kappa shape index (κ2) is 8.19. The number of aryl methyl sites for hydroxylation is 2. The highest BCUT2D eigenvalue weighted by atomic mass is 16.5. The number of carbonyl (C=O) groups excluding carboxylic acids is 1. The van der Waals surface area contributed by atoms with E-state index >= 15 is 0 Å². The number of hydrogen-bond acceptors (Lipinski definition) is 5. The Labute approximate surface area is 179 Å². The number of nitrogens with zero attached hydrogens (tertiary/aromatic N) is 3. The summed E-state index contributed by atoms with van der Waals surface area (Å²) in [5.41, 5.74) is 3.17. The predicted molar refractivity (Wildman–Crippen MR) is 114 cm³/mol. The molecule has 2 saturated carbocycles. The minimum Gasteiger partial charge on any atom is -0.376 e. The molecule has 1 amide bonds. The molecule has 0 radical (unpaired) electrons. The van der Waals surface area contributed by atoms with E-state index in [1.807, 2.05) is 0 Å². The smallest absolute Gasteiger partial charge is 0.217 e. The van der Waals surface area contributed by atoms with Crippen LogP contribution in [0.5, 0.6) is 0 Å². The lowest BCUT2D eigenvalue weighted by Gasteiger charge is -2.38. The number of ether oxygens (including phenoxy) is 1.